The first-order valence-electron chi connectivity index (χ1n) is 10.1. The quantitative estimate of drug-likeness (QED) is 0.599. The van der Waals surface area contributed by atoms with Crippen LogP contribution in [0.1, 0.15) is 24.8 Å². The molecule has 1 aliphatic rings. The van der Waals surface area contributed by atoms with E-state index in [1.807, 2.05) is 17.0 Å². The molecule has 0 radical (unpaired) electrons. The summed E-state index contributed by atoms with van der Waals surface area (Å²) in [6.07, 6.45) is 3.87. The van der Waals surface area contributed by atoms with Crippen LogP contribution in [0.25, 0.3) is 0 Å². The average molecular weight is 404 g/mol. The van der Waals surface area contributed by atoms with Crippen LogP contribution in [-0.2, 0) is 22.6 Å². The Labute approximate surface area is 170 Å². The number of carbonyl (C=O) groups excluding carboxylic acids is 1. The summed E-state index contributed by atoms with van der Waals surface area (Å²) in [6, 6.07) is 6.95. The van der Waals surface area contributed by atoms with Crippen molar-refractivity contribution in [3.63, 3.8) is 0 Å². The number of hydrogen-bond donors (Lipinski definition) is 0. The van der Waals surface area contributed by atoms with Crippen molar-refractivity contribution in [2.45, 2.75) is 32.4 Å². The highest BCUT2D eigenvalue weighted by Crippen LogP contribution is 2.21. The monoisotopic (exact) mass is 404 g/mol. The van der Waals surface area contributed by atoms with Crippen molar-refractivity contribution in [3.05, 3.63) is 42.0 Å². The third-order valence-corrected chi connectivity index (χ3v) is 5.40. The summed E-state index contributed by atoms with van der Waals surface area (Å²) in [5.74, 6) is 0.389. The van der Waals surface area contributed by atoms with Crippen LogP contribution in [-0.4, -0.2) is 75.8 Å². The van der Waals surface area contributed by atoms with Crippen molar-refractivity contribution < 1.29 is 13.9 Å². The number of piperidine rings is 1. The van der Waals surface area contributed by atoms with Gasteiger partial charge in [0.1, 0.15) is 12.1 Å². The van der Waals surface area contributed by atoms with Gasteiger partial charge in [0.05, 0.1) is 13.2 Å². The topological polar surface area (TPSA) is 76.4 Å². The molecule has 29 heavy (non-hydrogen) atoms. The summed E-state index contributed by atoms with van der Waals surface area (Å²) in [6.45, 7) is 4.76. The second-order valence-corrected chi connectivity index (χ2v) is 7.47. The van der Waals surface area contributed by atoms with Crippen molar-refractivity contribution in [1.29, 1.82) is 0 Å². The molecule has 9 heteroatoms. The summed E-state index contributed by atoms with van der Waals surface area (Å²) >= 11 is 0. The number of tetrazole rings is 1. The fourth-order valence-electron chi connectivity index (χ4n) is 3.68. The van der Waals surface area contributed by atoms with Crippen LogP contribution in [0, 0.1) is 11.7 Å². The van der Waals surface area contributed by atoms with Crippen LogP contribution in [0.2, 0.25) is 0 Å². The van der Waals surface area contributed by atoms with Crippen molar-refractivity contribution >= 4 is 5.91 Å². The molecular formula is C20H29FN6O2. The van der Waals surface area contributed by atoms with E-state index in [0.29, 0.717) is 38.6 Å². The van der Waals surface area contributed by atoms with Gasteiger partial charge in [-0.25, -0.2) is 9.07 Å². The Hall–Kier alpha value is -2.39. The molecular weight excluding hydrogens is 375 g/mol. The number of ether oxygens (including phenoxy) is 1. The fourth-order valence-corrected chi connectivity index (χ4v) is 3.68. The lowest BCUT2D eigenvalue weighted by Gasteiger charge is -2.35. The Morgan fingerprint density at radius 1 is 1.31 bits per heavy atom. The number of halogens is 1. The largest absolute Gasteiger partial charge is 0.383 e. The number of aromatic nitrogens is 4. The maximum atomic E-state index is 13.9. The van der Waals surface area contributed by atoms with E-state index in [9.17, 15) is 9.18 Å². The average Bonchev–Trinajstić information content (AvgIpc) is 3.26. The number of hydrogen-bond acceptors (Lipinski definition) is 6. The number of carbonyl (C=O) groups is 1. The zero-order valence-corrected chi connectivity index (χ0v) is 16.9. The number of nitrogens with zero attached hydrogens (tertiary/aromatic N) is 6. The Kier molecular flexibility index (Phi) is 8.06. The van der Waals surface area contributed by atoms with Crippen LogP contribution in [0.4, 0.5) is 4.39 Å². The van der Waals surface area contributed by atoms with E-state index in [-0.39, 0.29) is 11.7 Å². The van der Waals surface area contributed by atoms with Gasteiger partial charge < -0.3 is 9.64 Å². The number of aryl methyl sites for hydroxylation is 1. The van der Waals surface area contributed by atoms with Crippen molar-refractivity contribution in [2.75, 3.05) is 39.9 Å². The second-order valence-electron chi connectivity index (χ2n) is 7.47. The van der Waals surface area contributed by atoms with Gasteiger partial charge in [-0.3, -0.25) is 9.69 Å². The van der Waals surface area contributed by atoms with Gasteiger partial charge >= 0.3 is 0 Å². The summed E-state index contributed by atoms with van der Waals surface area (Å²) in [5, 5.41) is 11.0. The molecule has 158 valence electrons. The molecule has 8 nitrogen and oxygen atoms in total. The van der Waals surface area contributed by atoms with Crippen LogP contribution < -0.4 is 0 Å². The SMILES string of the molecule is COCCN(CC1CCN(Cc2ccccc2F)CC1)C(=O)CCn1cnnn1. The van der Waals surface area contributed by atoms with E-state index in [1.54, 1.807) is 17.9 Å². The van der Waals surface area contributed by atoms with Gasteiger partial charge in [0.15, 0.2) is 0 Å². The van der Waals surface area contributed by atoms with E-state index >= 15 is 0 Å². The first kappa shape index (κ1) is 21.3. The van der Waals surface area contributed by atoms with Gasteiger partial charge in [-0.1, -0.05) is 18.2 Å². The number of rotatable bonds is 10. The molecule has 1 amide bonds. The molecule has 0 N–H and O–H groups in total. The highest BCUT2D eigenvalue weighted by atomic mass is 19.1. The first-order valence-corrected chi connectivity index (χ1v) is 10.1. The van der Waals surface area contributed by atoms with Crippen LogP contribution in [0.5, 0.6) is 0 Å². The predicted octanol–water partition coefficient (Wildman–Crippen LogP) is 1.59. The minimum absolute atomic E-state index is 0.0892. The zero-order valence-electron chi connectivity index (χ0n) is 16.9. The summed E-state index contributed by atoms with van der Waals surface area (Å²) in [7, 11) is 1.64. The smallest absolute Gasteiger partial charge is 0.224 e. The van der Waals surface area contributed by atoms with Crippen molar-refractivity contribution in [1.82, 2.24) is 30.0 Å². The second kappa shape index (κ2) is 11.0. The molecule has 2 heterocycles. The first-order chi connectivity index (χ1) is 14.2. The molecule has 1 aromatic heterocycles. The molecule has 0 unspecified atom stereocenters. The molecule has 1 aromatic carbocycles. The number of likely N-dealkylation sites (tertiary alicyclic amines) is 1. The summed E-state index contributed by atoms with van der Waals surface area (Å²) < 4.78 is 20.6. The van der Waals surface area contributed by atoms with E-state index in [4.69, 9.17) is 4.74 Å². The highest BCUT2D eigenvalue weighted by molar-refractivity contribution is 5.76. The van der Waals surface area contributed by atoms with Gasteiger partial charge in [0, 0.05) is 38.7 Å². The standard InChI is InChI=1S/C20H29FN6O2/c1-29-13-12-26(20(28)8-11-27-16-22-23-24-27)14-17-6-9-25(10-7-17)15-18-4-2-3-5-19(18)21/h2-5,16-17H,6-15H2,1H3. The minimum Gasteiger partial charge on any atom is -0.383 e. The van der Waals surface area contributed by atoms with E-state index in [0.717, 1.165) is 38.0 Å². The van der Waals surface area contributed by atoms with Crippen molar-refractivity contribution in [3.8, 4) is 0 Å². The molecule has 3 rings (SSSR count). The lowest BCUT2D eigenvalue weighted by molar-refractivity contribution is -0.133. The Morgan fingerprint density at radius 3 is 2.79 bits per heavy atom. The molecule has 1 saturated heterocycles. The molecule has 1 aliphatic heterocycles. The van der Waals surface area contributed by atoms with Gasteiger partial charge in [0.2, 0.25) is 5.91 Å². The van der Waals surface area contributed by atoms with Crippen LogP contribution in [0.3, 0.4) is 0 Å². The Bertz CT molecular complexity index is 749. The normalized spacial score (nSPS) is 15.5. The molecule has 0 aliphatic carbocycles. The van der Waals surface area contributed by atoms with Gasteiger partial charge in [-0.2, -0.15) is 0 Å². The zero-order chi connectivity index (χ0) is 20.5. The molecule has 0 atom stereocenters. The molecule has 1 fully saturated rings. The summed E-state index contributed by atoms with van der Waals surface area (Å²) in [5.41, 5.74) is 0.741. The maximum Gasteiger partial charge on any atom is 0.224 e. The molecule has 0 saturated carbocycles. The minimum atomic E-state index is -0.145. The van der Waals surface area contributed by atoms with Crippen LogP contribution >= 0.6 is 0 Å². The van der Waals surface area contributed by atoms with E-state index in [2.05, 4.69) is 20.4 Å². The number of benzene rings is 1. The fraction of sp³-hybridized carbons (Fsp3) is 0.600. The van der Waals surface area contributed by atoms with E-state index in [1.165, 1.54) is 12.4 Å². The lowest BCUT2D eigenvalue weighted by Crippen LogP contribution is -2.42. The number of amides is 1. The van der Waals surface area contributed by atoms with Gasteiger partial charge in [-0.05, 0) is 48.3 Å². The third-order valence-electron chi connectivity index (χ3n) is 5.40. The number of methoxy groups -OCH3 is 1. The highest BCUT2D eigenvalue weighted by Gasteiger charge is 2.24. The molecule has 2 aromatic rings. The van der Waals surface area contributed by atoms with Gasteiger partial charge in [0.25, 0.3) is 0 Å². The van der Waals surface area contributed by atoms with Gasteiger partial charge in [-0.15, -0.1) is 5.10 Å². The molecule has 0 bridgehead atoms. The predicted molar refractivity (Wildman–Crippen MR) is 105 cm³/mol. The van der Waals surface area contributed by atoms with Crippen LogP contribution in [0.15, 0.2) is 30.6 Å². The Morgan fingerprint density at radius 2 is 2.10 bits per heavy atom. The maximum absolute atomic E-state index is 13.9. The van der Waals surface area contributed by atoms with E-state index < -0.39 is 0 Å². The summed E-state index contributed by atoms with van der Waals surface area (Å²) in [4.78, 5) is 16.9. The van der Waals surface area contributed by atoms with Crippen molar-refractivity contribution in [2.24, 2.45) is 5.92 Å². The third kappa shape index (κ3) is 6.57. The lowest BCUT2D eigenvalue weighted by atomic mass is 9.95. The Balaban J connectivity index is 1.47. The molecule has 0 spiro atoms.